The van der Waals surface area contributed by atoms with Crippen LogP contribution in [0, 0.1) is 11.3 Å². The number of aromatic nitrogens is 1. The fraction of sp³-hybridized carbons (Fsp3) is 0.0476. The summed E-state index contributed by atoms with van der Waals surface area (Å²) in [6, 6.07) is 18.8. The Morgan fingerprint density at radius 2 is 1.75 bits per heavy atom. The highest BCUT2D eigenvalue weighted by molar-refractivity contribution is 6.04. The molecule has 0 saturated carbocycles. The Morgan fingerprint density at radius 1 is 1.04 bits per heavy atom. The highest BCUT2D eigenvalue weighted by atomic mass is 16.5. The van der Waals surface area contributed by atoms with Crippen molar-refractivity contribution in [1.29, 1.82) is 5.26 Å². The van der Waals surface area contributed by atoms with Crippen LogP contribution in [-0.2, 0) is 4.74 Å². The zero-order valence-electron chi connectivity index (χ0n) is 15.0. The summed E-state index contributed by atoms with van der Waals surface area (Å²) >= 11 is 0. The number of esters is 1. The molecule has 1 aromatic heterocycles. The van der Waals surface area contributed by atoms with Crippen molar-refractivity contribution in [2.75, 3.05) is 17.7 Å². The van der Waals surface area contributed by atoms with Crippen LogP contribution >= 0.6 is 0 Å². The van der Waals surface area contributed by atoms with Gasteiger partial charge >= 0.3 is 5.97 Å². The van der Waals surface area contributed by atoms with Crippen LogP contribution in [0.1, 0.15) is 26.4 Å². The Morgan fingerprint density at radius 3 is 2.50 bits per heavy atom. The summed E-state index contributed by atoms with van der Waals surface area (Å²) in [5, 5.41) is 14.9. The van der Waals surface area contributed by atoms with Gasteiger partial charge in [0.1, 0.15) is 11.8 Å². The number of benzene rings is 2. The number of hydrogen-bond donors (Lipinski definition) is 2. The fourth-order valence-corrected chi connectivity index (χ4v) is 2.54. The first-order valence-corrected chi connectivity index (χ1v) is 8.33. The number of rotatable bonds is 5. The van der Waals surface area contributed by atoms with Crippen molar-refractivity contribution in [3.05, 3.63) is 83.7 Å². The number of nitriles is 1. The smallest absolute Gasteiger partial charge is 0.339 e. The van der Waals surface area contributed by atoms with Gasteiger partial charge < -0.3 is 15.4 Å². The number of amides is 1. The number of para-hydroxylation sites is 2. The zero-order chi connectivity index (χ0) is 19.9. The highest BCUT2D eigenvalue weighted by Crippen LogP contribution is 2.22. The lowest BCUT2D eigenvalue weighted by atomic mass is 10.1. The first-order chi connectivity index (χ1) is 13.6. The molecule has 7 nitrogen and oxygen atoms in total. The summed E-state index contributed by atoms with van der Waals surface area (Å²) in [5.41, 5.74) is 2.42. The van der Waals surface area contributed by atoms with Gasteiger partial charge in [0.05, 0.1) is 29.6 Å². The van der Waals surface area contributed by atoms with Gasteiger partial charge in [0.2, 0.25) is 0 Å². The van der Waals surface area contributed by atoms with Crippen molar-refractivity contribution in [2.24, 2.45) is 0 Å². The third-order valence-corrected chi connectivity index (χ3v) is 3.90. The predicted octanol–water partition coefficient (Wildman–Crippen LogP) is 3.74. The van der Waals surface area contributed by atoms with E-state index in [1.54, 1.807) is 60.7 Å². The van der Waals surface area contributed by atoms with Crippen LogP contribution in [0.2, 0.25) is 0 Å². The van der Waals surface area contributed by atoms with E-state index in [0.717, 1.165) is 0 Å². The molecule has 0 aliphatic carbocycles. The van der Waals surface area contributed by atoms with E-state index in [4.69, 9.17) is 10.00 Å². The van der Waals surface area contributed by atoms with Crippen molar-refractivity contribution in [3.8, 4) is 6.07 Å². The second kappa shape index (κ2) is 8.47. The van der Waals surface area contributed by atoms with Gasteiger partial charge in [-0.2, -0.15) is 5.26 Å². The van der Waals surface area contributed by atoms with Crippen molar-refractivity contribution >= 4 is 28.9 Å². The highest BCUT2D eigenvalue weighted by Gasteiger charge is 2.13. The standard InChI is InChI=1S/C21H16N4O3/c1-28-21(27)16-7-3-5-9-18(16)24-15-10-11-23-19(12-15)20(26)25-17-8-4-2-6-14(17)13-22/h2-12H,1H3,(H,23,24)(H,25,26). The first-order valence-electron chi connectivity index (χ1n) is 8.33. The van der Waals surface area contributed by atoms with Crippen molar-refractivity contribution in [3.63, 3.8) is 0 Å². The number of nitrogens with zero attached hydrogens (tertiary/aromatic N) is 2. The summed E-state index contributed by atoms with van der Waals surface area (Å²) < 4.78 is 4.78. The SMILES string of the molecule is COC(=O)c1ccccc1Nc1ccnc(C(=O)Nc2ccccc2C#N)c1. The zero-order valence-corrected chi connectivity index (χ0v) is 15.0. The molecular weight excluding hydrogens is 356 g/mol. The Hall–Kier alpha value is -4.18. The quantitative estimate of drug-likeness (QED) is 0.661. The second-order valence-corrected chi connectivity index (χ2v) is 5.70. The summed E-state index contributed by atoms with van der Waals surface area (Å²) in [7, 11) is 1.31. The Kier molecular flexibility index (Phi) is 5.63. The average molecular weight is 372 g/mol. The lowest BCUT2D eigenvalue weighted by molar-refractivity contribution is 0.0601. The first kappa shape index (κ1) is 18.6. The summed E-state index contributed by atoms with van der Waals surface area (Å²) in [6.45, 7) is 0. The summed E-state index contributed by atoms with van der Waals surface area (Å²) in [4.78, 5) is 28.5. The minimum Gasteiger partial charge on any atom is -0.465 e. The van der Waals surface area contributed by atoms with Gasteiger partial charge in [-0.25, -0.2) is 4.79 Å². The van der Waals surface area contributed by atoms with Gasteiger partial charge in [-0.05, 0) is 36.4 Å². The molecule has 1 amide bonds. The Labute approximate surface area is 161 Å². The minimum atomic E-state index is -0.469. The van der Waals surface area contributed by atoms with E-state index in [0.29, 0.717) is 28.2 Å². The van der Waals surface area contributed by atoms with E-state index >= 15 is 0 Å². The van der Waals surface area contributed by atoms with Crippen molar-refractivity contribution < 1.29 is 14.3 Å². The molecule has 3 rings (SSSR count). The van der Waals surface area contributed by atoms with E-state index in [1.165, 1.54) is 13.3 Å². The van der Waals surface area contributed by atoms with Gasteiger partial charge in [-0.15, -0.1) is 0 Å². The normalized spacial score (nSPS) is 9.86. The monoisotopic (exact) mass is 372 g/mol. The lowest BCUT2D eigenvalue weighted by Gasteiger charge is -2.12. The number of nitrogens with one attached hydrogen (secondary N) is 2. The molecular formula is C21H16N4O3. The van der Waals surface area contributed by atoms with Crippen molar-refractivity contribution in [2.45, 2.75) is 0 Å². The Bertz CT molecular complexity index is 1070. The average Bonchev–Trinajstić information content (AvgIpc) is 2.74. The second-order valence-electron chi connectivity index (χ2n) is 5.70. The number of carbonyl (C=O) groups excluding carboxylic acids is 2. The van der Waals surface area contributed by atoms with Crippen LogP contribution in [0.5, 0.6) is 0 Å². The predicted molar refractivity (Wildman–Crippen MR) is 104 cm³/mol. The lowest BCUT2D eigenvalue weighted by Crippen LogP contribution is -2.14. The molecule has 0 bridgehead atoms. The number of anilines is 3. The summed E-state index contributed by atoms with van der Waals surface area (Å²) in [5.74, 6) is -0.921. The molecule has 2 aromatic carbocycles. The number of pyridine rings is 1. The maximum Gasteiger partial charge on any atom is 0.339 e. The number of ether oxygens (including phenoxy) is 1. The number of methoxy groups -OCH3 is 1. The van der Waals surface area contributed by atoms with Crippen LogP contribution in [0.3, 0.4) is 0 Å². The molecule has 1 heterocycles. The van der Waals surface area contributed by atoms with E-state index in [-0.39, 0.29) is 5.69 Å². The van der Waals surface area contributed by atoms with Gasteiger partial charge in [-0.3, -0.25) is 9.78 Å². The third kappa shape index (κ3) is 4.14. The van der Waals surface area contributed by atoms with Crippen LogP contribution in [0.25, 0.3) is 0 Å². The van der Waals surface area contributed by atoms with Crippen LogP contribution in [0.15, 0.2) is 66.9 Å². The molecule has 0 spiro atoms. The molecule has 0 unspecified atom stereocenters. The third-order valence-electron chi connectivity index (χ3n) is 3.90. The molecule has 2 N–H and O–H groups in total. The molecule has 0 fully saturated rings. The molecule has 0 aliphatic heterocycles. The maximum atomic E-state index is 12.5. The largest absolute Gasteiger partial charge is 0.465 e. The van der Waals surface area contributed by atoms with Gasteiger partial charge in [-0.1, -0.05) is 24.3 Å². The number of carbonyl (C=O) groups is 2. The molecule has 28 heavy (non-hydrogen) atoms. The number of hydrogen-bond acceptors (Lipinski definition) is 6. The molecule has 0 radical (unpaired) electrons. The van der Waals surface area contributed by atoms with E-state index in [2.05, 4.69) is 15.6 Å². The molecule has 0 atom stereocenters. The van der Waals surface area contributed by atoms with Crippen molar-refractivity contribution in [1.82, 2.24) is 4.98 Å². The molecule has 7 heteroatoms. The minimum absolute atomic E-state index is 0.160. The van der Waals surface area contributed by atoms with Gasteiger partial charge in [0, 0.05) is 11.9 Å². The molecule has 0 aliphatic rings. The summed E-state index contributed by atoms with van der Waals surface area (Å²) in [6.07, 6.45) is 1.48. The fourth-order valence-electron chi connectivity index (χ4n) is 2.54. The van der Waals surface area contributed by atoms with E-state index < -0.39 is 11.9 Å². The molecule has 0 saturated heterocycles. The van der Waals surface area contributed by atoms with Gasteiger partial charge in [0.15, 0.2) is 0 Å². The van der Waals surface area contributed by atoms with E-state index in [1.807, 2.05) is 6.07 Å². The van der Waals surface area contributed by atoms with Crippen LogP contribution in [0.4, 0.5) is 17.1 Å². The molecule has 138 valence electrons. The Balaban J connectivity index is 1.83. The topological polar surface area (TPSA) is 104 Å². The van der Waals surface area contributed by atoms with E-state index in [9.17, 15) is 9.59 Å². The molecule has 3 aromatic rings. The van der Waals surface area contributed by atoms with Crippen LogP contribution < -0.4 is 10.6 Å². The van der Waals surface area contributed by atoms with Gasteiger partial charge in [0.25, 0.3) is 5.91 Å². The van der Waals surface area contributed by atoms with Crippen LogP contribution in [-0.4, -0.2) is 24.0 Å². The maximum absolute atomic E-state index is 12.5.